The monoisotopic (exact) mass is 281 g/mol. The molecule has 1 saturated heterocycles. The minimum absolute atomic E-state index is 0.0532. The fraction of sp³-hybridized carbons (Fsp3) is 0.636. The maximum Gasteiger partial charge on any atom is 0.433 e. The highest BCUT2D eigenvalue weighted by Crippen LogP contribution is 2.29. The van der Waals surface area contributed by atoms with Crippen LogP contribution in [0.5, 0.6) is 0 Å². The first-order chi connectivity index (χ1) is 8.88. The Hall–Kier alpha value is -1.47. The van der Waals surface area contributed by atoms with Gasteiger partial charge in [-0.1, -0.05) is 0 Å². The molecule has 0 N–H and O–H groups in total. The van der Waals surface area contributed by atoms with Gasteiger partial charge < -0.3 is 4.90 Å². The summed E-state index contributed by atoms with van der Waals surface area (Å²) in [7, 11) is 0. The highest BCUT2D eigenvalue weighted by atomic mass is 19.4. The Bertz CT molecular complexity index is 427. The molecule has 0 spiro atoms. The predicted octanol–water partition coefficient (Wildman–Crippen LogP) is 2.98. The number of hydrogen-bond acceptors (Lipinski definition) is 3. The van der Waals surface area contributed by atoms with Gasteiger partial charge in [0.15, 0.2) is 0 Å². The first-order valence-electron chi connectivity index (χ1n) is 5.81. The van der Waals surface area contributed by atoms with Crippen LogP contribution in [0.2, 0.25) is 0 Å². The molecule has 1 fully saturated rings. The van der Waals surface area contributed by atoms with Gasteiger partial charge in [0, 0.05) is 25.2 Å². The molecule has 0 aliphatic carbocycles. The molecular weight excluding hydrogens is 269 g/mol. The van der Waals surface area contributed by atoms with Crippen LogP contribution in [0.1, 0.15) is 18.5 Å². The molecule has 0 saturated carbocycles. The molecule has 0 radical (unpaired) electrons. The van der Waals surface area contributed by atoms with Gasteiger partial charge in [0.1, 0.15) is 5.69 Å². The van der Waals surface area contributed by atoms with Crippen molar-refractivity contribution in [3.05, 3.63) is 18.0 Å². The molecule has 1 aliphatic rings. The minimum Gasteiger partial charge on any atom is -0.341 e. The van der Waals surface area contributed by atoms with Crippen molar-refractivity contribution in [3.8, 4) is 0 Å². The third kappa shape index (κ3) is 3.30. The van der Waals surface area contributed by atoms with E-state index in [1.807, 2.05) is 0 Å². The standard InChI is InChI=1S/C11H12F5N3/c12-9(13)7-2-5-19(6-3-7)10-17-4-1-8(18-10)11(14,15)16/h1,4,7,9H,2-3,5-6H2. The maximum atomic E-state index is 12.5. The second-order valence-corrected chi connectivity index (χ2v) is 4.40. The van der Waals surface area contributed by atoms with Crippen LogP contribution in [0.25, 0.3) is 0 Å². The normalized spacial score (nSPS) is 18.1. The van der Waals surface area contributed by atoms with E-state index in [-0.39, 0.29) is 31.9 Å². The fourth-order valence-electron chi connectivity index (χ4n) is 2.01. The SMILES string of the molecule is FC(F)C1CCN(c2nccc(C(F)(F)F)n2)CC1. The van der Waals surface area contributed by atoms with E-state index in [1.54, 1.807) is 0 Å². The topological polar surface area (TPSA) is 29.0 Å². The lowest BCUT2D eigenvalue weighted by molar-refractivity contribution is -0.141. The molecule has 1 aliphatic heterocycles. The Morgan fingerprint density at radius 3 is 2.37 bits per heavy atom. The molecule has 0 aromatic carbocycles. The zero-order chi connectivity index (χ0) is 14.0. The second kappa shape index (κ2) is 5.26. The van der Waals surface area contributed by atoms with Crippen LogP contribution < -0.4 is 4.90 Å². The molecule has 8 heteroatoms. The average molecular weight is 281 g/mol. The zero-order valence-corrected chi connectivity index (χ0v) is 9.87. The van der Waals surface area contributed by atoms with Gasteiger partial charge in [-0.3, -0.25) is 0 Å². The Morgan fingerprint density at radius 1 is 1.21 bits per heavy atom. The number of piperidine rings is 1. The quantitative estimate of drug-likeness (QED) is 0.780. The van der Waals surface area contributed by atoms with E-state index in [2.05, 4.69) is 9.97 Å². The molecule has 1 aromatic rings. The second-order valence-electron chi connectivity index (χ2n) is 4.40. The summed E-state index contributed by atoms with van der Waals surface area (Å²) in [4.78, 5) is 8.72. The Kier molecular flexibility index (Phi) is 3.86. The van der Waals surface area contributed by atoms with Crippen LogP contribution >= 0.6 is 0 Å². The lowest BCUT2D eigenvalue weighted by Gasteiger charge is -2.31. The van der Waals surface area contributed by atoms with Crippen molar-refractivity contribution in [2.75, 3.05) is 18.0 Å². The molecule has 3 nitrogen and oxygen atoms in total. The Labute approximate surface area is 106 Å². The fourth-order valence-corrected chi connectivity index (χ4v) is 2.01. The van der Waals surface area contributed by atoms with E-state index in [9.17, 15) is 22.0 Å². The molecular formula is C11H12F5N3. The van der Waals surface area contributed by atoms with Crippen molar-refractivity contribution in [2.24, 2.45) is 5.92 Å². The van der Waals surface area contributed by atoms with Gasteiger partial charge in [0.25, 0.3) is 0 Å². The number of rotatable bonds is 2. The van der Waals surface area contributed by atoms with Crippen LogP contribution in [-0.4, -0.2) is 29.5 Å². The van der Waals surface area contributed by atoms with E-state index in [0.717, 1.165) is 12.3 Å². The summed E-state index contributed by atoms with van der Waals surface area (Å²) in [6, 6.07) is 0.787. The largest absolute Gasteiger partial charge is 0.433 e. The van der Waals surface area contributed by atoms with E-state index in [1.165, 1.54) is 4.90 Å². The smallest absolute Gasteiger partial charge is 0.341 e. The molecule has 0 bridgehead atoms. The number of halogens is 5. The summed E-state index contributed by atoms with van der Waals surface area (Å²) in [6.07, 6.45) is -5.41. The summed E-state index contributed by atoms with van der Waals surface area (Å²) in [6.45, 7) is 0.493. The molecule has 2 heterocycles. The summed E-state index contributed by atoms with van der Waals surface area (Å²) in [5, 5.41) is 0. The van der Waals surface area contributed by atoms with E-state index < -0.39 is 24.2 Å². The summed E-state index contributed by atoms with van der Waals surface area (Å²) < 4.78 is 62.4. The lowest BCUT2D eigenvalue weighted by Crippen LogP contribution is -2.37. The van der Waals surface area contributed by atoms with E-state index in [4.69, 9.17) is 0 Å². The van der Waals surface area contributed by atoms with Gasteiger partial charge in [-0.2, -0.15) is 13.2 Å². The molecule has 0 atom stereocenters. The van der Waals surface area contributed by atoms with Crippen molar-refractivity contribution in [3.63, 3.8) is 0 Å². The van der Waals surface area contributed by atoms with Gasteiger partial charge in [-0.05, 0) is 18.9 Å². The first-order valence-corrected chi connectivity index (χ1v) is 5.81. The van der Waals surface area contributed by atoms with Gasteiger partial charge in [-0.15, -0.1) is 0 Å². The van der Waals surface area contributed by atoms with Crippen LogP contribution in [0.4, 0.5) is 27.9 Å². The molecule has 1 aromatic heterocycles. The molecule has 19 heavy (non-hydrogen) atoms. The number of hydrogen-bond donors (Lipinski definition) is 0. The first kappa shape index (κ1) is 14.0. The highest BCUT2D eigenvalue weighted by Gasteiger charge is 2.34. The molecule has 2 rings (SSSR count). The van der Waals surface area contributed by atoms with Crippen molar-refractivity contribution in [2.45, 2.75) is 25.4 Å². The number of anilines is 1. The third-order valence-corrected chi connectivity index (χ3v) is 3.11. The maximum absolute atomic E-state index is 12.5. The van der Waals surface area contributed by atoms with Gasteiger partial charge in [-0.25, -0.2) is 18.7 Å². The van der Waals surface area contributed by atoms with Gasteiger partial charge >= 0.3 is 6.18 Å². The average Bonchev–Trinajstić information content (AvgIpc) is 2.38. The molecule has 0 amide bonds. The van der Waals surface area contributed by atoms with Gasteiger partial charge in [0.05, 0.1) is 0 Å². The molecule has 106 valence electrons. The number of aromatic nitrogens is 2. The summed E-state index contributed by atoms with van der Waals surface area (Å²) in [5.74, 6) is -0.746. The van der Waals surface area contributed by atoms with Gasteiger partial charge in [0.2, 0.25) is 12.4 Å². The van der Waals surface area contributed by atoms with Crippen LogP contribution in [-0.2, 0) is 6.18 Å². The van der Waals surface area contributed by atoms with E-state index >= 15 is 0 Å². The number of nitrogens with zero attached hydrogens (tertiary/aromatic N) is 3. The summed E-state index contributed by atoms with van der Waals surface area (Å²) >= 11 is 0. The third-order valence-electron chi connectivity index (χ3n) is 3.11. The van der Waals surface area contributed by atoms with Crippen molar-refractivity contribution < 1.29 is 22.0 Å². The Balaban J connectivity index is 2.08. The van der Waals surface area contributed by atoms with Crippen molar-refractivity contribution in [1.82, 2.24) is 9.97 Å². The van der Waals surface area contributed by atoms with Crippen molar-refractivity contribution >= 4 is 5.95 Å². The van der Waals surface area contributed by atoms with Crippen LogP contribution in [0.15, 0.2) is 12.3 Å². The zero-order valence-electron chi connectivity index (χ0n) is 9.87. The number of alkyl halides is 5. The predicted molar refractivity (Wildman–Crippen MR) is 58.0 cm³/mol. The Morgan fingerprint density at radius 2 is 1.84 bits per heavy atom. The van der Waals surface area contributed by atoms with E-state index in [0.29, 0.717) is 0 Å². The van der Waals surface area contributed by atoms with Crippen LogP contribution in [0.3, 0.4) is 0 Å². The van der Waals surface area contributed by atoms with Crippen molar-refractivity contribution in [1.29, 1.82) is 0 Å². The van der Waals surface area contributed by atoms with Crippen LogP contribution in [0, 0.1) is 5.92 Å². The summed E-state index contributed by atoms with van der Waals surface area (Å²) in [5.41, 5.74) is -1.02. The lowest BCUT2D eigenvalue weighted by atomic mass is 9.98. The highest BCUT2D eigenvalue weighted by molar-refractivity contribution is 5.31. The minimum atomic E-state index is -4.53. The molecule has 0 unspecified atom stereocenters.